The fraction of sp³-hybridized carbons (Fsp3) is 0.278. The van der Waals surface area contributed by atoms with Crippen LogP contribution in [-0.4, -0.2) is 37.2 Å². The lowest BCUT2D eigenvalue weighted by molar-refractivity contribution is -0.122. The van der Waals surface area contributed by atoms with E-state index in [0.29, 0.717) is 0 Å². The van der Waals surface area contributed by atoms with Crippen molar-refractivity contribution in [2.24, 2.45) is 0 Å². The summed E-state index contributed by atoms with van der Waals surface area (Å²) in [5, 5.41) is 22.0. The van der Waals surface area contributed by atoms with Gasteiger partial charge in [0.05, 0.1) is 17.0 Å². The molecule has 1 saturated carbocycles. The van der Waals surface area contributed by atoms with Crippen LogP contribution in [0.4, 0.5) is 5.82 Å². The minimum atomic E-state index is -0.692. The summed E-state index contributed by atoms with van der Waals surface area (Å²) < 4.78 is 0. The zero-order chi connectivity index (χ0) is 17.9. The lowest BCUT2D eigenvalue weighted by Gasteiger charge is -2.25. The number of nitrogens with zero attached hydrogens (tertiary/aromatic N) is 2. The molecule has 25 heavy (non-hydrogen) atoms. The van der Waals surface area contributed by atoms with E-state index >= 15 is 0 Å². The predicted octanol–water partition coefficient (Wildman–Crippen LogP) is 2.65. The van der Waals surface area contributed by atoms with Crippen molar-refractivity contribution in [1.29, 1.82) is 0 Å². The van der Waals surface area contributed by atoms with Gasteiger partial charge in [0.25, 0.3) is 6.47 Å². The molecule has 0 radical (unpaired) electrons. The summed E-state index contributed by atoms with van der Waals surface area (Å²) >= 11 is 0. The van der Waals surface area contributed by atoms with Crippen molar-refractivity contribution in [3.8, 4) is 0 Å². The van der Waals surface area contributed by atoms with Gasteiger partial charge in [0.15, 0.2) is 0 Å². The molecule has 1 aliphatic carbocycles. The number of hydrogen-bond donors (Lipinski definition) is 4. The molecule has 0 aliphatic heterocycles. The van der Waals surface area contributed by atoms with E-state index in [1.807, 2.05) is 43.5 Å². The van der Waals surface area contributed by atoms with Crippen molar-refractivity contribution < 1.29 is 15.0 Å². The van der Waals surface area contributed by atoms with Crippen LogP contribution in [0.25, 0.3) is 11.0 Å². The van der Waals surface area contributed by atoms with Crippen LogP contribution < -0.4 is 5.32 Å². The van der Waals surface area contributed by atoms with Crippen molar-refractivity contribution in [1.82, 2.24) is 15.0 Å². The molecule has 2 heterocycles. The van der Waals surface area contributed by atoms with Crippen molar-refractivity contribution >= 4 is 23.3 Å². The van der Waals surface area contributed by atoms with E-state index in [-0.39, 0.29) is 12.5 Å². The number of benzene rings is 1. The van der Waals surface area contributed by atoms with Crippen LogP contribution in [0.2, 0.25) is 0 Å². The molecule has 7 heteroatoms. The maximum Gasteiger partial charge on any atom is 0.290 e. The van der Waals surface area contributed by atoms with Gasteiger partial charge >= 0.3 is 0 Å². The number of carboxylic acid groups (broad SMARTS) is 1. The van der Waals surface area contributed by atoms with Crippen LogP contribution in [0.15, 0.2) is 42.9 Å². The van der Waals surface area contributed by atoms with Gasteiger partial charge in [-0.25, -0.2) is 9.97 Å². The summed E-state index contributed by atoms with van der Waals surface area (Å²) in [6.07, 6.45) is 5.08. The normalized spacial score (nSPS) is 15.8. The summed E-state index contributed by atoms with van der Waals surface area (Å²) in [4.78, 5) is 20.1. The lowest BCUT2D eigenvalue weighted by Crippen LogP contribution is -2.27. The van der Waals surface area contributed by atoms with Gasteiger partial charge in [-0.2, -0.15) is 0 Å². The van der Waals surface area contributed by atoms with Gasteiger partial charge in [-0.15, -0.1) is 0 Å². The molecule has 0 spiro atoms. The van der Waals surface area contributed by atoms with E-state index in [1.165, 1.54) is 0 Å². The van der Waals surface area contributed by atoms with E-state index in [1.54, 1.807) is 6.33 Å². The molecule has 3 aromatic rings. The third-order valence-electron chi connectivity index (χ3n) is 4.38. The number of aryl methyl sites for hydroxylation is 1. The quantitative estimate of drug-likeness (QED) is 0.543. The molecular weight excluding hydrogens is 320 g/mol. The van der Waals surface area contributed by atoms with Gasteiger partial charge in [0.1, 0.15) is 17.8 Å². The Balaban J connectivity index is 0.000000569. The average molecular weight is 340 g/mol. The Morgan fingerprint density at radius 3 is 2.60 bits per heavy atom. The smallest absolute Gasteiger partial charge is 0.290 e. The molecule has 0 amide bonds. The maximum absolute atomic E-state index is 10.7. The zero-order valence-corrected chi connectivity index (χ0v) is 13.8. The summed E-state index contributed by atoms with van der Waals surface area (Å²) in [5.74, 6) is 0.762. The Labute approximate surface area is 144 Å². The van der Waals surface area contributed by atoms with E-state index in [2.05, 4.69) is 20.3 Å². The first-order valence-corrected chi connectivity index (χ1v) is 7.99. The molecule has 4 rings (SSSR count). The summed E-state index contributed by atoms with van der Waals surface area (Å²) in [7, 11) is 0. The Morgan fingerprint density at radius 1 is 1.28 bits per heavy atom. The highest BCUT2D eigenvalue weighted by Crippen LogP contribution is 2.47. The van der Waals surface area contributed by atoms with Crippen LogP contribution in [0, 0.1) is 6.92 Å². The van der Waals surface area contributed by atoms with Gasteiger partial charge in [-0.05, 0) is 30.9 Å². The van der Waals surface area contributed by atoms with Gasteiger partial charge in [0, 0.05) is 6.20 Å². The number of aliphatic hydroxyl groups is 1. The molecule has 7 nitrogen and oxygen atoms in total. The highest BCUT2D eigenvalue weighted by atomic mass is 16.3. The van der Waals surface area contributed by atoms with E-state index in [9.17, 15) is 5.11 Å². The standard InChI is InChI=1S/C17H18N4O.CH2O2/c1-11-9-18-15-13(11)16(20-10-19-15)21-14(17(22)7-8-17)12-5-3-2-4-6-12;2-1-3/h2-6,9-10,14,22H,7-8H2,1H3,(H2,18,19,20,21);1H,(H,2,3). The van der Waals surface area contributed by atoms with Gasteiger partial charge in [-0.3, -0.25) is 4.79 Å². The number of H-pyrrole nitrogens is 1. The first-order chi connectivity index (χ1) is 12.1. The second-order valence-electron chi connectivity index (χ2n) is 6.11. The fourth-order valence-electron chi connectivity index (χ4n) is 2.95. The number of fused-ring (bicyclic) bond motifs is 1. The predicted molar refractivity (Wildman–Crippen MR) is 94.3 cm³/mol. The summed E-state index contributed by atoms with van der Waals surface area (Å²) in [6.45, 7) is 1.77. The number of carbonyl (C=O) groups is 1. The minimum absolute atomic E-state index is 0.166. The third-order valence-corrected chi connectivity index (χ3v) is 4.38. The van der Waals surface area contributed by atoms with Gasteiger partial charge in [-0.1, -0.05) is 30.3 Å². The monoisotopic (exact) mass is 340 g/mol. The average Bonchev–Trinajstić information content (AvgIpc) is 3.25. The van der Waals surface area contributed by atoms with E-state index < -0.39 is 5.60 Å². The SMILES string of the molecule is Cc1c[nH]c2ncnc(NC(c3ccccc3)C3(O)CC3)c12.O=CO. The molecule has 4 N–H and O–H groups in total. The van der Waals surface area contributed by atoms with Crippen molar-refractivity contribution in [3.05, 3.63) is 54.0 Å². The Hall–Kier alpha value is -2.93. The highest BCUT2D eigenvalue weighted by Gasteiger charge is 2.48. The Bertz CT molecular complexity index is 859. The van der Waals surface area contributed by atoms with Crippen LogP contribution in [0.1, 0.15) is 30.0 Å². The lowest BCUT2D eigenvalue weighted by atomic mass is 9.99. The number of hydrogen-bond acceptors (Lipinski definition) is 5. The molecule has 1 aliphatic rings. The molecule has 2 aromatic heterocycles. The second kappa shape index (κ2) is 6.90. The molecule has 0 saturated heterocycles. The first-order valence-electron chi connectivity index (χ1n) is 7.99. The second-order valence-corrected chi connectivity index (χ2v) is 6.11. The van der Waals surface area contributed by atoms with Crippen LogP contribution >= 0.6 is 0 Å². The Morgan fingerprint density at radius 2 is 1.96 bits per heavy atom. The summed E-state index contributed by atoms with van der Waals surface area (Å²) in [6, 6.07) is 9.88. The number of aromatic amines is 1. The zero-order valence-electron chi connectivity index (χ0n) is 13.8. The van der Waals surface area contributed by atoms with Crippen molar-refractivity contribution in [2.45, 2.75) is 31.4 Å². The van der Waals surface area contributed by atoms with Crippen molar-refractivity contribution in [2.75, 3.05) is 5.32 Å². The topological polar surface area (TPSA) is 111 Å². The van der Waals surface area contributed by atoms with Crippen LogP contribution in [0.3, 0.4) is 0 Å². The molecule has 1 atom stereocenters. The van der Waals surface area contributed by atoms with Crippen molar-refractivity contribution in [3.63, 3.8) is 0 Å². The van der Waals surface area contributed by atoms with Crippen LogP contribution in [-0.2, 0) is 4.79 Å². The largest absolute Gasteiger partial charge is 0.483 e. The molecule has 0 bridgehead atoms. The van der Waals surface area contributed by atoms with Gasteiger partial charge in [0.2, 0.25) is 0 Å². The van der Waals surface area contributed by atoms with E-state index in [0.717, 1.165) is 40.8 Å². The first kappa shape index (κ1) is 16.9. The number of rotatable bonds is 4. The molecule has 1 unspecified atom stereocenters. The highest BCUT2D eigenvalue weighted by molar-refractivity contribution is 5.90. The van der Waals surface area contributed by atoms with E-state index in [4.69, 9.17) is 9.90 Å². The third kappa shape index (κ3) is 3.46. The molecular formula is C18H20N4O3. The van der Waals surface area contributed by atoms with Gasteiger partial charge < -0.3 is 20.5 Å². The number of aromatic nitrogens is 3. The van der Waals surface area contributed by atoms with Crippen LogP contribution in [0.5, 0.6) is 0 Å². The minimum Gasteiger partial charge on any atom is -0.483 e. The number of nitrogens with one attached hydrogen (secondary N) is 2. The summed E-state index contributed by atoms with van der Waals surface area (Å²) in [5.41, 5.74) is 2.28. The number of anilines is 1. The maximum atomic E-state index is 10.7. The molecule has 1 aromatic carbocycles. The molecule has 1 fully saturated rings. The fourth-order valence-corrected chi connectivity index (χ4v) is 2.95. The Kier molecular flexibility index (Phi) is 4.67. The molecule has 130 valence electrons.